The summed E-state index contributed by atoms with van der Waals surface area (Å²) in [5.41, 5.74) is 15.2. The van der Waals surface area contributed by atoms with Gasteiger partial charge in [-0.3, -0.25) is 4.55 Å². The molecule has 0 saturated heterocycles. The summed E-state index contributed by atoms with van der Waals surface area (Å²) in [6.45, 7) is 0. The maximum Gasteiger partial charge on any atom is 0.265 e. The lowest BCUT2D eigenvalue weighted by Gasteiger charge is -2.10. The Morgan fingerprint density at radius 1 is 0.950 bits per heavy atom. The number of rotatable bonds is 4. The van der Waals surface area contributed by atoms with Gasteiger partial charge in [0, 0.05) is 11.4 Å². The minimum absolute atomic E-state index is 0.198. The molecule has 2 aromatic carbocycles. The standard InChI is InChI=1S/C14H16N2O3S/c15-12-3-1-10(2-4-12)14-6-5-13(16)9-11(14)7-8-20(17,18)19/h1-6,9H,7-8,15-16H2,(H,17,18,19). The Hall–Kier alpha value is -2.05. The number of nitrogen functional groups attached to an aromatic ring is 2. The van der Waals surface area contributed by atoms with Crippen LogP contribution in [-0.2, 0) is 16.5 Å². The van der Waals surface area contributed by atoms with Gasteiger partial charge in [0.15, 0.2) is 0 Å². The molecule has 0 aliphatic rings. The first-order valence-corrected chi connectivity index (χ1v) is 7.65. The molecule has 0 aliphatic heterocycles. The van der Waals surface area contributed by atoms with Gasteiger partial charge < -0.3 is 11.5 Å². The predicted molar refractivity (Wildman–Crippen MR) is 80.8 cm³/mol. The third-order valence-corrected chi connectivity index (χ3v) is 3.70. The molecule has 2 aromatic rings. The smallest absolute Gasteiger partial charge is 0.265 e. The van der Waals surface area contributed by atoms with Gasteiger partial charge in [0.2, 0.25) is 0 Å². The average Bonchev–Trinajstić information content (AvgIpc) is 2.37. The van der Waals surface area contributed by atoms with E-state index in [0.717, 1.165) is 16.7 Å². The zero-order valence-corrected chi connectivity index (χ0v) is 11.6. The number of hydrogen-bond acceptors (Lipinski definition) is 4. The highest BCUT2D eigenvalue weighted by molar-refractivity contribution is 7.85. The normalized spacial score (nSPS) is 11.4. The molecule has 5 N–H and O–H groups in total. The third-order valence-electron chi connectivity index (χ3n) is 2.98. The minimum atomic E-state index is -4.00. The van der Waals surface area contributed by atoms with Crippen molar-refractivity contribution in [2.75, 3.05) is 17.2 Å². The first kappa shape index (κ1) is 14.4. The molecule has 0 saturated carbocycles. The van der Waals surface area contributed by atoms with Crippen LogP contribution >= 0.6 is 0 Å². The summed E-state index contributed by atoms with van der Waals surface area (Å²) in [4.78, 5) is 0. The highest BCUT2D eigenvalue weighted by Gasteiger charge is 2.10. The van der Waals surface area contributed by atoms with Gasteiger partial charge in [0.05, 0.1) is 5.75 Å². The van der Waals surface area contributed by atoms with E-state index in [4.69, 9.17) is 16.0 Å². The Morgan fingerprint density at radius 3 is 2.15 bits per heavy atom. The lowest BCUT2D eigenvalue weighted by atomic mass is 9.97. The predicted octanol–water partition coefficient (Wildman–Crippen LogP) is 1.95. The summed E-state index contributed by atoms with van der Waals surface area (Å²) >= 11 is 0. The summed E-state index contributed by atoms with van der Waals surface area (Å²) in [6.07, 6.45) is 0.198. The fourth-order valence-corrected chi connectivity index (χ4v) is 2.48. The molecule has 6 heteroatoms. The SMILES string of the molecule is Nc1ccc(-c2ccc(N)cc2CCS(=O)(=O)O)cc1. The van der Waals surface area contributed by atoms with Crippen LogP contribution < -0.4 is 11.5 Å². The maximum absolute atomic E-state index is 10.9. The van der Waals surface area contributed by atoms with Crippen LogP contribution in [0.2, 0.25) is 0 Å². The van der Waals surface area contributed by atoms with Gasteiger partial charge in [-0.1, -0.05) is 18.2 Å². The van der Waals surface area contributed by atoms with E-state index in [9.17, 15) is 8.42 Å². The molecule has 0 bridgehead atoms. The molecule has 0 unspecified atom stereocenters. The van der Waals surface area contributed by atoms with Crippen molar-refractivity contribution in [3.05, 3.63) is 48.0 Å². The van der Waals surface area contributed by atoms with E-state index in [2.05, 4.69) is 0 Å². The van der Waals surface area contributed by atoms with E-state index in [1.54, 1.807) is 24.3 Å². The van der Waals surface area contributed by atoms with Crippen molar-refractivity contribution in [2.24, 2.45) is 0 Å². The van der Waals surface area contributed by atoms with E-state index >= 15 is 0 Å². The molecule has 0 atom stereocenters. The van der Waals surface area contributed by atoms with Crippen LogP contribution in [-0.4, -0.2) is 18.7 Å². The Balaban J connectivity index is 2.39. The van der Waals surface area contributed by atoms with E-state index in [-0.39, 0.29) is 12.2 Å². The Bertz CT molecular complexity index is 710. The molecule has 2 rings (SSSR count). The van der Waals surface area contributed by atoms with E-state index in [0.29, 0.717) is 11.4 Å². The monoisotopic (exact) mass is 292 g/mol. The molecule has 0 heterocycles. The molecule has 0 radical (unpaired) electrons. The van der Waals surface area contributed by atoms with Crippen LogP contribution in [0.3, 0.4) is 0 Å². The summed E-state index contributed by atoms with van der Waals surface area (Å²) in [5, 5.41) is 0. The zero-order valence-electron chi connectivity index (χ0n) is 10.8. The van der Waals surface area contributed by atoms with Gasteiger partial charge in [-0.2, -0.15) is 8.42 Å². The van der Waals surface area contributed by atoms with Gasteiger partial charge in [-0.05, 0) is 47.4 Å². The van der Waals surface area contributed by atoms with Crippen LogP contribution in [0.4, 0.5) is 11.4 Å². The molecule has 20 heavy (non-hydrogen) atoms. The number of aryl methyl sites for hydroxylation is 1. The number of nitrogens with two attached hydrogens (primary N) is 2. The molecule has 5 nitrogen and oxygen atoms in total. The Morgan fingerprint density at radius 2 is 1.55 bits per heavy atom. The number of benzene rings is 2. The second kappa shape index (κ2) is 5.52. The lowest BCUT2D eigenvalue weighted by molar-refractivity contribution is 0.483. The molecule has 0 amide bonds. The third kappa shape index (κ3) is 3.72. The van der Waals surface area contributed by atoms with Gasteiger partial charge in [-0.25, -0.2) is 0 Å². The summed E-state index contributed by atoms with van der Waals surface area (Å²) in [7, 11) is -4.00. The van der Waals surface area contributed by atoms with Crippen LogP contribution in [0.25, 0.3) is 11.1 Å². The molecule has 106 valence electrons. The minimum Gasteiger partial charge on any atom is -0.399 e. The van der Waals surface area contributed by atoms with Gasteiger partial charge in [0.1, 0.15) is 0 Å². The fraction of sp³-hybridized carbons (Fsp3) is 0.143. The first-order chi connectivity index (χ1) is 9.35. The van der Waals surface area contributed by atoms with Crippen molar-refractivity contribution in [2.45, 2.75) is 6.42 Å². The van der Waals surface area contributed by atoms with Gasteiger partial charge in [0.25, 0.3) is 10.1 Å². The number of anilines is 2. The molecular weight excluding hydrogens is 276 g/mol. The summed E-state index contributed by atoms with van der Waals surface area (Å²) in [6, 6.07) is 12.6. The van der Waals surface area contributed by atoms with Crippen molar-refractivity contribution in [1.82, 2.24) is 0 Å². The molecule has 0 fully saturated rings. The quantitative estimate of drug-likeness (QED) is 0.590. The Labute approximate surface area is 118 Å². The molecule has 0 aliphatic carbocycles. The van der Waals surface area contributed by atoms with Crippen molar-refractivity contribution in [1.29, 1.82) is 0 Å². The topological polar surface area (TPSA) is 106 Å². The van der Waals surface area contributed by atoms with Gasteiger partial charge >= 0.3 is 0 Å². The summed E-state index contributed by atoms with van der Waals surface area (Å²) in [5.74, 6) is -0.335. The van der Waals surface area contributed by atoms with E-state index in [1.807, 2.05) is 18.2 Å². The molecule has 0 aromatic heterocycles. The van der Waals surface area contributed by atoms with Crippen LogP contribution in [0, 0.1) is 0 Å². The van der Waals surface area contributed by atoms with Crippen molar-refractivity contribution in [3.63, 3.8) is 0 Å². The lowest BCUT2D eigenvalue weighted by Crippen LogP contribution is -2.07. The number of hydrogen-bond donors (Lipinski definition) is 3. The highest BCUT2D eigenvalue weighted by Crippen LogP contribution is 2.27. The fourth-order valence-electron chi connectivity index (χ4n) is 2.00. The molecule has 0 spiro atoms. The largest absolute Gasteiger partial charge is 0.399 e. The Kier molecular flexibility index (Phi) is 3.96. The highest BCUT2D eigenvalue weighted by atomic mass is 32.2. The maximum atomic E-state index is 10.9. The second-order valence-corrected chi connectivity index (χ2v) is 6.15. The van der Waals surface area contributed by atoms with E-state index in [1.165, 1.54) is 0 Å². The zero-order chi connectivity index (χ0) is 14.8. The van der Waals surface area contributed by atoms with Crippen molar-refractivity contribution in [3.8, 4) is 11.1 Å². The van der Waals surface area contributed by atoms with Crippen LogP contribution in [0.1, 0.15) is 5.56 Å². The van der Waals surface area contributed by atoms with Crippen LogP contribution in [0.5, 0.6) is 0 Å². The van der Waals surface area contributed by atoms with Crippen LogP contribution in [0.15, 0.2) is 42.5 Å². The molecular formula is C14H16N2O3S. The summed E-state index contributed by atoms with van der Waals surface area (Å²) < 4.78 is 30.7. The van der Waals surface area contributed by atoms with Gasteiger partial charge in [-0.15, -0.1) is 0 Å². The van der Waals surface area contributed by atoms with Crippen molar-refractivity contribution < 1.29 is 13.0 Å². The second-order valence-electron chi connectivity index (χ2n) is 4.57. The van der Waals surface area contributed by atoms with E-state index < -0.39 is 10.1 Å². The average molecular weight is 292 g/mol. The van der Waals surface area contributed by atoms with Crippen molar-refractivity contribution >= 4 is 21.5 Å². The first-order valence-electron chi connectivity index (χ1n) is 6.04.